The molecule has 0 aromatic rings. The largest absolute Gasteiger partial charge is 0.382 e. The molecule has 3 atom stereocenters. The Morgan fingerprint density at radius 3 is 2.74 bits per heavy atom. The van der Waals surface area contributed by atoms with Gasteiger partial charge in [0.1, 0.15) is 11.4 Å². The van der Waals surface area contributed by atoms with Crippen LogP contribution in [0.4, 0.5) is 0 Å². The zero-order chi connectivity index (χ0) is 13.8. The molecule has 104 valence electrons. The lowest BCUT2D eigenvalue weighted by atomic mass is 9.64. The lowest BCUT2D eigenvalue weighted by Gasteiger charge is -2.40. The van der Waals surface area contributed by atoms with Crippen LogP contribution in [0.3, 0.4) is 0 Å². The van der Waals surface area contributed by atoms with E-state index in [9.17, 15) is 14.7 Å². The van der Waals surface area contributed by atoms with E-state index in [1.807, 2.05) is 0 Å². The number of hydrogen-bond acceptors (Lipinski definition) is 3. The molecule has 19 heavy (non-hydrogen) atoms. The molecule has 1 N–H and O–H groups in total. The first-order chi connectivity index (χ1) is 8.84. The van der Waals surface area contributed by atoms with Crippen molar-refractivity contribution in [1.29, 1.82) is 0 Å². The Kier molecular flexibility index (Phi) is 2.76. The minimum atomic E-state index is -1.14. The molecule has 0 amide bonds. The Morgan fingerprint density at radius 1 is 1.32 bits per heavy atom. The lowest BCUT2D eigenvalue weighted by molar-refractivity contribution is -0.135. The maximum atomic E-state index is 11.7. The van der Waals surface area contributed by atoms with Crippen molar-refractivity contribution < 1.29 is 14.7 Å². The molecule has 0 spiro atoms. The van der Waals surface area contributed by atoms with Gasteiger partial charge in [-0.2, -0.15) is 0 Å². The van der Waals surface area contributed by atoms with Gasteiger partial charge in [-0.25, -0.2) is 0 Å². The van der Waals surface area contributed by atoms with Gasteiger partial charge in [-0.3, -0.25) is 9.59 Å². The van der Waals surface area contributed by atoms with Gasteiger partial charge >= 0.3 is 0 Å². The van der Waals surface area contributed by atoms with Crippen molar-refractivity contribution in [3.8, 4) is 0 Å². The summed E-state index contributed by atoms with van der Waals surface area (Å²) in [5.41, 5.74) is 1.61. The van der Waals surface area contributed by atoms with E-state index < -0.39 is 5.60 Å². The highest BCUT2D eigenvalue weighted by Crippen LogP contribution is 2.59. The monoisotopic (exact) mass is 262 g/mol. The predicted octanol–water partition coefficient (Wildman–Crippen LogP) is 2.57. The number of fused-ring (bicyclic) bond motifs is 2. The Bertz CT molecular complexity index is 490. The highest BCUT2D eigenvalue weighted by Gasteiger charge is 2.56. The third kappa shape index (κ3) is 1.90. The second kappa shape index (κ2) is 4.02. The van der Waals surface area contributed by atoms with Gasteiger partial charge in [0.05, 0.1) is 0 Å². The first kappa shape index (κ1) is 13.0. The molecule has 0 bridgehead atoms. The molecule has 3 heteroatoms. The molecule has 3 aliphatic carbocycles. The second-order valence-corrected chi connectivity index (χ2v) is 7.02. The van der Waals surface area contributed by atoms with Crippen LogP contribution >= 0.6 is 0 Å². The summed E-state index contributed by atoms with van der Waals surface area (Å²) in [4.78, 5) is 23.3. The molecular formula is C16H22O3. The molecular weight excluding hydrogens is 240 g/mol. The van der Waals surface area contributed by atoms with Gasteiger partial charge < -0.3 is 5.11 Å². The topological polar surface area (TPSA) is 54.4 Å². The SMILES string of the molecule is CC(=O)[C@@]1(O)C[C@@H]2C3=C(CC[C@]2(C)C1)CC(=O)CC3. The molecule has 0 saturated heterocycles. The highest BCUT2D eigenvalue weighted by molar-refractivity contribution is 5.86. The molecule has 0 aromatic heterocycles. The van der Waals surface area contributed by atoms with Crippen LogP contribution in [0.25, 0.3) is 0 Å². The van der Waals surface area contributed by atoms with Crippen LogP contribution in [0.5, 0.6) is 0 Å². The number of aliphatic hydroxyl groups is 1. The van der Waals surface area contributed by atoms with Crippen LogP contribution < -0.4 is 0 Å². The summed E-state index contributed by atoms with van der Waals surface area (Å²) in [6.45, 7) is 3.71. The Hall–Kier alpha value is -0.960. The van der Waals surface area contributed by atoms with E-state index in [0.717, 1.165) is 19.3 Å². The fraction of sp³-hybridized carbons (Fsp3) is 0.750. The van der Waals surface area contributed by atoms with Gasteiger partial charge in [0.15, 0.2) is 5.78 Å². The summed E-state index contributed by atoms with van der Waals surface area (Å²) in [5.74, 6) is 0.553. The van der Waals surface area contributed by atoms with Gasteiger partial charge in [0.2, 0.25) is 0 Å². The van der Waals surface area contributed by atoms with E-state index in [4.69, 9.17) is 0 Å². The Balaban J connectivity index is 1.97. The standard InChI is InChI=1S/C16H22O3/c1-10(17)16(19)8-14-13-4-3-12(18)7-11(13)5-6-15(14,2)9-16/h14,19H,3-9H2,1-2H3/t14-,15-,16-/m1/s1. The maximum Gasteiger partial charge on any atom is 0.161 e. The summed E-state index contributed by atoms with van der Waals surface area (Å²) in [6, 6.07) is 0. The lowest BCUT2D eigenvalue weighted by Crippen LogP contribution is -2.35. The third-order valence-electron chi connectivity index (χ3n) is 5.69. The molecule has 3 rings (SSSR count). The second-order valence-electron chi connectivity index (χ2n) is 7.02. The zero-order valence-electron chi connectivity index (χ0n) is 11.8. The maximum absolute atomic E-state index is 11.7. The normalized spacial score (nSPS) is 42.1. The third-order valence-corrected chi connectivity index (χ3v) is 5.69. The van der Waals surface area contributed by atoms with Gasteiger partial charge in [-0.05, 0) is 50.4 Å². The minimum absolute atomic E-state index is 0.0413. The van der Waals surface area contributed by atoms with E-state index >= 15 is 0 Å². The summed E-state index contributed by atoms with van der Waals surface area (Å²) in [7, 11) is 0. The van der Waals surface area contributed by atoms with Gasteiger partial charge in [0.25, 0.3) is 0 Å². The number of carbonyl (C=O) groups is 2. The van der Waals surface area contributed by atoms with E-state index in [-0.39, 0.29) is 11.2 Å². The Labute approximate surface area is 114 Å². The summed E-state index contributed by atoms with van der Waals surface area (Å²) in [6.07, 6.45) is 5.23. The van der Waals surface area contributed by atoms with E-state index in [1.54, 1.807) is 0 Å². The van der Waals surface area contributed by atoms with Crippen molar-refractivity contribution in [2.45, 2.75) is 64.4 Å². The van der Waals surface area contributed by atoms with Crippen LogP contribution in [-0.2, 0) is 9.59 Å². The number of carbonyl (C=O) groups excluding carboxylic acids is 2. The highest BCUT2D eigenvalue weighted by atomic mass is 16.3. The van der Waals surface area contributed by atoms with Crippen LogP contribution in [-0.4, -0.2) is 22.3 Å². The van der Waals surface area contributed by atoms with Crippen molar-refractivity contribution in [2.75, 3.05) is 0 Å². The molecule has 0 aromatic carbocycles. The summed E-state index contributed by atoms with van der Waals surface area (Å²) >= 11 is 0. The fourth-order valence-corrected chi connectivity index (χ4v) is 4.52. The van der Waals surface area contributed by atoms with E-state index in [0.29, 0.717) is 37.4 Å². The van der Waals surface area contributed by atoms with Gasteiger partial charge in [-0.1, -0.05) is 18.1 Å². The zero-order valence-corrected chi connectivity index (χ0v) is 11.8. The average Bonchev–Trinajstić information content (AvgIpc) is 2.62. The molecule has 0 aliphatic heterocycles. The number of ketones is 2. The van der Waals surface area contributed by atoms with Crippen LogP contribution in [0, 0.1) is 11.3 Å². The number of rotatable bonds is 1. The first-order valence-electron chi connectivity index (χ1n) is 7.30. The number of Topliss-reactive ketones (excluding diaryl/α,β-unsaturated/α-hetero) is 2. The summed E-state index contributed by atoms with van der Waals surface area (Å²) in [5, 5.41) is 10.6. The smallest absolute Gasteiger partial charge is 0.161 e. The van der Waals surface area contributed by atoms with Crippen molar-refractivity contribution in [3.63, 3.8) is 0 Å². The number of allylic oxidation sites excluding steroid dienone is 2. The molecule has 0 radical (unpaired) electrons. The average molecular weight is 262 g/mol. The Morgan fingerprint density at radius 2 is 2.05 bits per heavy atom. The molecule has 3 aliphatic rings. The van der Waals surface area contributed by atoms with Crippen molar-refractivity contribution >= 4 is 11.6 Å². The van der Waals surface area contributed by atoms with Gasteiger partial charge in [-0.15, -0.1) is 0 Å². The predicted molar refractivity (Wildman–Crippen MR) is 71.6 cm³/mol. The van der Waals surface area contributed by atoms with Crippen molar-refractivity contribution in [3.05, 3.63) is 11.1 Å². The van der Waals surface area contributed by atoms with Crippen LogP contribution in [0.2, 0.25) is 0 Å². The summed E-state index contributed by atoms with van der Waals surface area (Å²) < 4.78 is 0. The molecule has 1 fully saturated rings. The van der Waals surface area contributed by atoms with Crippen LogP contribution in [0.15, 0.2) is 11.1 Å². The van der Waals surface area contributed by atoms with Gasteiger partial charge in [0, 0.05) is 12.8 Å². The van der Waals surface area contributed by atoms with E-state index in [1.165, 1.54) is 18.1 Å². The van der Waals surface area contributed by atoms with E-state index in [2.05, 4.69) is 6.92 Å². The molecule has 0 heterocycles. The first-order valence-corrected chi connectivity index (χ1v) is 7.30. The molecule has 0 unspecified atom stereocenters. The van der Waals surface area contributed by atoms with Crippen LogP contribution in [0.1, 0.15) is 58.8 Å². The quantitative estimate of drug-likeness (QED) is 0.739. The molecule has 1 saturated carbocycles. The van der Waals surface area contributed by atoms with Crippen molar-refractivity contribution in [1.82, 2.24) is 0 Å². The minimum Gasteiger partial charge on any atom is -0.382 e. The fourth-order valence-electron chi connectivity index (χ4n) is 4.52. The van der Waals surface area contributed by atoms with Crippen molar-refractivity contribution in [2.24, 2.45) is 11.3 Å². The number of hydrogen-bond donors (Lipinski definition) is 1. The molecule has 3 nitrogen and oxygen atoms in total.